The van der Waals surface area contributed by atoms with E-state index < -0.39 is 0 Å². The molecule has 0 aliphatic carbocycles. The number of carbonyl (C=O) groups is 1. The molecule has 6 rings (SSSR count). The Morgan fingerprint density at radius 3 is 2.46 bits per heavy atom. The molecule has 0 radical (unpaired) electrons. The first-order valence-corrected chi connectivity index (χ1v) is 12.4. The van der Waals surface area contributed by atoms with Crippen LogP contribution in [0.3, 0.4) is 0 Å². The van der Waals surface area contributed by atoms with Gasteiger partial charge in [0.1, 0.15) is 5.69 Å². The van der Waals surface area contributed by atoms with E-state index in [1.807, 2.05) is 84.9 Å². The first-order valence-electron chi connectivity index (χ1n) is 12.4. The number of fused-ring (bicyclic) bond motifs is 2. The third-order valence-corrected chi connectivity index (χ3v) is 6.58. The lowest BCUT2D eigenvalue weighted by atomic mass is 9.95. The van der Waals surface area contributed by atoms with Crippen LogP contribution >= 0.6 is 0 Å². The fourth-order valence-corrected chi connectivity index (χ4v) is 4.72. The van der Waals surface area contributed by atoms with Gasteiger partial charge in [-0.25, -0.2) is 0 Å². The van der Waals surface area contributed by atoms with E-state index in [1.54, 1.807) is 11.9 Å². The van der Waals surface area contributed by atoms with Gasteiger partial charge in [-0.05, 0) is 40.1 Å². The quantitative estimate of drug-likeness (QED) is 0.278. The summed E-state index contributed by atoms with van der Waals surface area (Å²) in [5, 5.41) is 6.07. The molecule has 0 bridgehead atoms. The Morgan fingerprint density at radius 1 is 0.811 bits per heavy atom. The Bertz CT molecular complexity index is 1580. The molecular weight excluding hydrogens is 464 g/mol. The van der Waals surface area contributed by atoms with Crippen LogP contribution in [0.4, 0.5) is 0 Å². The van der Waals surface area contributed by atoms with Gasteiger partial charge in [-0.15, -0.1) is 0 Å². The summed E-state index contributed by atoms with van der Waals surface area (Å²) in [5.41, 5.74) is 4.42. The summed E-state index contributed by atoms with van der Waals surface area (Å²) in [6, 6.07) is 29.6. The van der Waals surface area contributed by atoms with Crippen molar-refractivity contribution in [2.24, 2.45) is 0 Å². The average Bonchev–Trinajstić information content (AvgIpc) is 3.28. The first-order chi connectivity index (χ1) is 18.2. The van der Waals surface area contributed by atoms with Crippen LogP contribution in [0.15, 0.2) is 95.5 Å². The Balaban J connectivity index is 1.29. The molecular formula is C31H26N2O4. The van der Waals surface area contributed by atoms with Gasteiger partial charge in [0, 0.05) is 30.7 Å². The molecule has 1 aliphatic heterocycles. The van der Waals surface area contributed by atoms with Gasteiger partial charge >= 0.3 is 0 Å². The highest BCUT2D eigenvalue weighted by Gasteiger charge is 2.19. The molecule has 0 fully saturated rings. The van der Waals surface area contributed by atoms with Crippen LogP contribution in [-0.2, 0) is 6.54 Å². The number of nitrogens with zero attached hydrogens (tertiary/aromatic N) is 2. The lowest BCUT2D eigenvalue weighted by molar-refractivity contribution is 0.0774. The van der Waals surface area contributed by atoms with E-state index in [-0.39, 0.29) is 5.91 Å². The van der Waals surface area contributed by atoms with E-state index in [0.717, 1.165) is 51.1 Å². The molecule has 184 valence electrons. The third kappa shape index (κ3) is 4.54. The van der Waals surface area contributed by atoms with Gasteiger partial charge in [0.2, 0.25) is 0 Å². The van der Waals surface area contributed by atoms with Crippen LogP contribution in [-0.4, -0.2) is 36.2 Å². The topological polar surface area (TPSA) is 64.8 Å². The molecule has 6 heteroatoms. The van der Waals surface area contributed by atoms with Gasteiger partial charge in [-0.3, -0.25) is 4.79 Å². The summed E-state index contributed by atoms with van der Waals surface area (Å²) in [6.45, 7) is 1.60. The summed E-state index contributed by atoms with van der Waals surface area (Å²) in [4.78, 5) is 15.2. The summed E-state index contributed by atoms with van der Waals surface area (Å²) >= 11 is 0. The van der Waals surface area contributed by atoms with E-state index >= 15 is 0 Å². The van der Waals surface area contributed by atoms with Crippen molar-refractivity contribution < 1.29 is 18.8 Å². The predicted octanol–water partition coefficient (Wildman–Crippen LogP) is 6.60. The molecule has 1 amide bonds. The third-order valence-electron chi connectivity index (χ3n) is 6.58. The molecule has 0 saturated heterocycles. The molecule has 4 aromatic carbocycles. The summed E-state index contributed by atoms with van der Waals surface area (Å²) in [5.74, 6) is 2.06. The smallest absolute Gasteiger partial charge is 0.254 e. The van der Waals surface area contributed by atoms with Crippen LogP contribution < -0.4 is 9.47 Å². The van der Waals surface area contributed by atoms with Crippen molar-refractivity contribution in [3.63, 3.8) is 0 Å². The maximum atomic E-state index is 13.5. The maximum absolute atomic E-state index is 13.5. The highest BCUT2D eigenvalue weighted by Crippen LogP contribution is 2.37. The SMILES string of the molecule is CN(Cc1cc(-c2ccccc2)no1)C(=O)c1cccc2c(-c3ccc4c(c3)OCCCO4)cccc12. The summed E-state index contributed by atoms with van der Waals surface area (Å²) in [7, 11) is 1.78. The molecule has 2 heterocycles. The average molecular weight is 491 g/mol. The van der Waals surface area contributed by atoms with Crippen molar-refractivity contribution in [1.82, 2.24) is 10.1 Å². The second-order valence-corrected chi connectivity index (χ2v) is 9.12. The van der Waals surface area contributed by atoms with Crippen molar-refractivity contribution in [2.75, 3.05) is 20.3 Å². The van der Waals surface area contributed by atoms with Crippen molar-refractivity contribution >= 4 is 16.7 Å². The number of rotatable bonds is 5. The number of aromatic nitrogens is 1. The number of hydrogen-bond acceptors (Lipinski definition) is 5. The lowest BCUT2D eigenvalue weighted by Crippen LogP contribution is -2.26. The van der Waals surface area contributed by atoms with E-state index in [1.165, 1.54) is 0 Å². The second kappa shape index (κ2) is 9.82. The number of amides is 1. The van der Waals surface area contributed by atoms with Crippen LogP contribution in [0.25, 0.3) is 33.2 Å². The van der Waals surface area contributed by atoms with Gasteiger partial charge < -0.3 is 18.9 Å². The van der Waals surface area contributed by atoms with Gasteiger partial charge in [-0.2, -0.15) is 0 Å². The fourth-order valence-electron chi connectivity index (χ4n) is 4.72. The Kier molecular flexibility index (Phi) is 6.06. The zero-order valence-electron chi connectivity index (χ0n) is 20.5. The van der Waals surface area contributed by atoms with Crippen LogP contribution in [0.5, 0.6) is 11.5 Å². The van der Waals surface area contributed by atoms with Crippen LogP contribution in [0.1, 0.15) is 22.5 Å². The zero-order valence-corrected chi connectivity index (χ0v) is 20.5. The van der Waals surface area contributed by atoms with Crippen molar-refractivity contribution in [3.8, 4) is 33.9 Å². The summed E-state index contributed by atoms with van der Waals surface area (Å²) in [6.07, 6.45) is 0.860. The van der Waals surface area contributed by atoms with Crippen LogP contribution in [0, 0.1) is 0 Å². The van der Waals surface area contributed by atoms with Gasteiger partial charge in [-0.1, -0.05) is 71.9 Å². The number of hydrogen-bond donors (Lipinski definition) is 0. The minimum atomic E-state index is -0.0842. The molecule has 0 atom stereocenters. The van der Waals surface area contributed by atoms with E-state index in [4.69, 9.17) is 14.0 Å². The molecule has 0 saturated carbocycles. The fraction of sp³-hybridized carbons (Fsp3) is 0.161. The Labute approximate surface area is 215 Å². The Morgan fingerprint density at radius 2 is 1.59 bits per heavy atom. The van der Waals surface area contributed by atoms with Crippen molar-refractivity contribution in [3.05, 3.63) is 102 Å². The lowest BCUT2D eigenvalue weighted by Gasteiger charge is -2.18. The van der Waals surface area contributed by atoms with Crippen molar-refractivity contribution in [2.45, 2.75) is 13.0 Å². The standard InChI is InChI=1S/C31H26N2O4/c1-33(20-23-19-28(32-37-23)21-8-3-2-4-9-21)31(34)27-13-6-11-25-24(10-5-12-26(25)27)22-14-15-29-30(18-22)36-17-7-16-35-29/h2-6,8-15,18-19H,7,16-17,20H2,1H3. The number of ether oxygens (including phenoxy) is 2. The van der Waals surface area contributed by atoms with E-state index in [0.29, 0.717) is 31.1 Å². The Hall–Kier alpha value is -4.58. The molecule has 0 unspecified atom stereocenters. The molecule has 6 nitrogen and oxygen atoms in total. The maximum Gasteiger partial charge on any atom is 0.254 e. The van der Waals surface area contributed by atoms with Gasteiger partial charge in [0.25, 0.3) is 5.91 Å². The van der Waals surface area contributed by atoms with E-state index in [2.05, 4.69) is 11.2 Å². The minimum absolute atomic E-state index is 0.0842. The van der Waals surface area contributed by atoms with Gasteiger partial charge in [0.15, 0.2) is 17.3 Å². The summed E-state index contributed by atoms with van der Waals surface area (Å²) < 4.78 is 17.2. The normalized spacial score (nSPS) is 12.8. The monoisotopic (exact) mass is 490 g/mol. The first kappa shape index (κ1) is 22.9. The number of benzene rings is 4. The van der Waals surface area contributed by atoms with Gasteiger partial charge in [0.05, 0.1) is 19.8 Å². The minimum Gasteiger partial charge on any atom is -0.490 e. The van der Waals surface area contributed by atoms with E-state index in [9.17, 15) is 4.79 Å². The van der Waals surface area contributed by atoms with Crippen molar-refractivity contribution in [1.29, 1.82) is 0 Å². The second-order valence-electron chi connectivity index (χ2n) is 9.12. The predicted molar refractivity (Wildman–Crippen MR) is 143 cm³/mol. The van der Waals surface area contributed by atoms with Crippen LogP contribution in [0.2, 0.25) is 0 Å². The highest BCUT2D eigenvalue weighted by atomic mass is 16.5. The molecule has 0 spiro atoms. The molecule has 5 aromatic rings. The molecule has 1 aliphatic rings. The zero-order chi connectivity index (χ0) is 25.2. The highest BCUT2D eigenvalue weighted by molar-refractivity contribution is 6.10. The largest absolute Gasteiger partial charge is 0.490 e. The molecule has 0 N–H and O–H groups in total. The number of carbonyl (C=O) groups excluding carboxylic acids is 1. The molecule has 37 heavy (non-hydrogen) atoms. The molecule has 1 aromatic heterocycles.